The zero-order valence-electron chi connectivity index (χ0n) is 84.5. The molecule has 0 unspecified atom stereocenters. The third-order valence-corrected chi connectivity index (χ3v) is 24.3. The van der Waals surface area contributed by atoms with Gasteiger partial charge in [-0.1, -0.05) is 304 Å². The van der Waals surface area contributed by atoms with Crippen molar-refractivity contribution in [2.45, 2.75) is 112 Å². The van der Waals surface area contributed by atoms with E-state index in [1.807, 2.05) is 72.8 Å². The fourth-order valence-electron chi connectivity index (χ4n) is 16.2. The molecule has 16 aromatic carbocycles. The molecule has 16 aromatic rings. The number of hydrogen-bond donors (Lipinski definition) is 0. The molecule has 0 aliphatic heterocycles. The lowest BCUT2D eigenvalue weighted by Crippen LogP contribution is -2.09. The van der Waals surface area contributed by atoms with Crippen LogP contribution in [-0.4, -0.2) is 63.5 Å². The first kappa shape index (κ1) is 106. The second-order valence-corrected chi connectivity index (χ2v) is 35.5. The molecule has 0 radical (unpaired) electrons. The van der Waals surface area contributed by atoms with E-state index in [1.54, 1.807) is 12.1 Å². The van der Waals surface area contributed by atoms with Crippen LogP contribution in [0, 0.1) is 41.5 Å². The van der Waals surface area contributed by atoms with Crippen LogP contribution in [-0.2, 0) is 33.4 Å². The van der Waals surface area contributed by atoms with Crippen molar-refractivity contribution in [1.82, 2.24) is 0 Å². The zero-order chi connectivity index (χ0) is 102. The molecule has 0 saturated heterocycles. The number of carbonyl (C=O) groups excluding carboxylic acids is 4. The number of benzene rings is 16. The predicted octanol–water partition coefficient (Wildman–Crippen LogP) is 33.9. The SMILES string of the molecule is C=CC(=O)OCCCCCCCCCCOc1ccc(-c2ccc(N(c3ccc(C)cc3)c3ccc(C)cc3)cc2)cc1.C=CC(=O)OCCCCOc1ccc(-c2ccc(N(c3ccc(C)cc3)c3ccc(C)cc3)cc2)cc1.C=CC(=O)OCCCOc1ccc(-c2ccc(N(c3ccc(C)cc3)c3ccc(C)cc3)cc2)cc1.C=CC(=O)Oc1ccc(-c2ccc(N(c3ccccc3)c3ccccc3)cc2)cc1. The number of rotatable bonds is 44. The minimum absolute atomic E-state index is 0.317. The summed E-state index contributed by atoms with van der Waals surface area (Å²) in [5.74, 6) is 1.44. The fourth-order valence-corrected chi connectivity index (χ4v) is 16.2. The van der Waals surface area contributed by atoms with Crippen LogP contribution in [0.25, 0.3) is 44.5 Å². The summed E-state index contributed by atoms with van der Waals surface area (Å²) in [6.45, 7) is 29.2. The summed E-state index contributed by atoms with van der Waals surface area (Å²) in [5.41, 5.74) is 29.9. The van der Waals surface area contributed by atoms with Crippen molar-refractivity contribution >= 4 is 92.1 Å². The van der Waals surface area contributed by atoms with Crippen molar-refractivity contribution in [1.29, 1.82) is 0 Å². The van der Waals surface area contributed by atoms with Crippen LogP contribution >= 0.6 is 0 Å². The lowest BCUT2D eigenvalue weighted by Gasteiger charge is -2.26. The van der Waals surface area contributed by atoms with E-state index < -0.39 is 11.9 Å². The summed E-state index contributed by atoms with van der Waals surface area (Å²) in [7, 11) is 0. The molecule has 0 fully saturated rings. The van der Waals surface area contributed by atoms with Crippen LogP contribution in [0.15, 0.2) is 451 Å². The van der Waals surface area contributed by atoms with Crippen LogP contribution in [0.2, 0.25) is 0 Å². The summed E-state index contributed by atoms with van der Waals surface area (Å²) in [6, 6.07) is 139. The summed E-state index contributed by atoms with van der Waals surface area (Å²) in [5, 5.41) is 0. The van der Waals surface area contributed by atoms with Crippen molar-refractivity contribution in [3.05, 3.63) is 484 Å². The number of nitrogens with zero attached hydrogens (tertiary/aromatic N) is 4. The largest absolute Gasteiger partial charge is 0.494 e. The molecule has 0 aliphatic carbocycles. The van der Waals surface area contributed by atoms with Gasteiger partial charge in [0, 0.05) is 99.0 Å². The van der Waals surface area contributed by atoms with Gasteiger partial charge in [-0.3, -0.25) is 0 Å². The molecule has 0 bridgehead atoms. The number of ether oxygens (including phenoxy) is 7. The summed E-state index contributed by atoms with van der Waals surface area (Å²) in [4.78, 5) is 53.5. The third-order valence-electron chi connectivity index (χ3n) is 24.3. The van der Waals surface area contributed by atoms with E-state index >= 15 is 0 Å². The van der Waals surface area contributed by atoms with Gasteiger partial charge in [0.1, 0.15) is 23.0 Å². The monoisotopic (exact) mass is 1930 g/mol. The highest BCUT2D eigenvalue weighted by Gasteiger charge is 2.20. The predicted molar refractivity (Wildman–Crippen MR) is 601 cm³/mol. The van der Waals surface area contributed by atoms with E-state index in [1.165, 1.54) is 88.8 Å². The van der Waals surface area contributed by atoms with E-state index in [0.717, 1.165) is 170 Å². The van der Waals surface area contributed by atoms with Gasteiger partial charge in [-0.15, -0.1) is 0 Å². The van der Waals surface area contributed by atoms with Gasteiger partial charge in [0.25, 0.3) is 0 Å². The zero-order valence-corrected chi connectivity index (χ0v) is 84.5. The highest BCUT2D eigenvalue weighted by Crippen LogP contribution is 2.42. The van der Waals surface area contributed by atoms with Gasteiger partial charge in [0.05, 0.1) is 39.6 Å². The number of unbranched alkanes of at least 4 members (excludes halogenated alkanes) is 8. The Kier molecular flexibility index (Phi) is 41.2. The Morgan fingerprint density at radius 1 is 0.185 bits per heavy atom. The number of esters is 4. The molecule has 0 N–H and O–H groups in total. The lowest BCUT2D eigenvalue weighted by molar-refractivity contribution is -0.138. The van der Waals surface area contributed by atoms with Crippen molar-refractivity contribution in [2.75, 3.05) is 59.2 Å². The number of aryl methyl sites for hydroxylation is 6. The Labute approximate surface area is 862 Å². The Hall–Kier alpha value is -17.0. The van der Waals surface area contributed by atoms with E-state index in [4.69, 9.17) is 33.2 Å². The Bertz CT molecular complexity index is 6560. The molecule has 0 saturated carbocycles. The van der Waals surface area contributed by atoms with Gasteiger partial charge in [-0.2, -0.15) is 0 Å². The van der Waals surface area contributed by atoms with Crippen molar-refractivity contribution < 1.29 is 52.3 Å². The number of para-hydroxylation sites is 2. The maximum Gasteiger partial charge on any atom is 0.335 e. The topological polar surface area (TPSA) is 146 Å². The Morgan fingerprint density at radius 3 is 0.575 bits per heavy atom. The minimum Gasteiger partial charge on any atom is -0.494 e. The normalized spacial score (nSPS) is 10.5. The van der Waals surface area contributed by atoms with Crippen LogP contribution in [0.3, 0.4) is 0 Å². The average Bonchev–Trinajstić information content (AvgIpc) is 0.811. The molecule has 16 rings (SSSR count). The Balaban J connectivity index is 0.000000164. The highest BCUT2D eigenvalue weighted by atomic mass is 16.5. The molecule has 15 heteroatoms. The van der Waals surface area contributed by atoms with Crippen molar-refractivity contribution in [3.8, 4) is 67.5 Å². The lowest BCUT2D eigenvalue weighted by atomic mass is 10.0. The molecule has 740 valence electrons. The number of hydrogen-bond acceptors (Lipinski definition) is 15. The average molecular weight is 1940 g/mol. The van der Waals surface area contributed by atoms with Gasteiger partial charge in [-0.05, 0) is 306 Å². The summed E-state index contributed by atoms with van der Waals surface area (Å²) >= 11 is 0. The number of carbonyl (C=O) groups is 4. The first-order valence-corrected chi connectivity index (χ1v) is 50.0. The quantitative estimate of drug-likeness (QED) is 0.0117. The van der Waals surface area contributed by atoms with Crippen LogP contribution in [0.5, 0.6) is 23.0 Å². The van der Waals surface area contributed by atoms with Crippen LogP contribution < -0.4 is 38.5 Å². The maximum atomic E-state index is 11.3. The first-order chi connectivity index (χ1) is 71.3. The molecule has 15 nitrogen and oxygen atoms in total. The smallest absolute Gasteiger partial charge is 0.335 e. The number of anilines is 12. The van der Waals surface area contributed by atoms with Crippen molar-refractivity contribution in [2.24, 2.45) is 0 Å². The third kappa shape index (κ3) is 33.0. The molecule has 0 atom stereocenters. The van der Waals surface area contributed by atoms with Gasteiger partial charge in [0.15, 0.2) is 0 Å². The van der Waals surface area contributed by atoms with Gasteiger partial charge >= 0.3 is 23.9 Å². The molecule has 0 spiro atoms. The van der Waals surface area contributed by atoms with E-state index in [-0.39, 0.29) is 11.9 Å². The van der Waals surface area contributed by atoms with Gasteiger partial charge in [0.2, 0.25) is 0 Å². The molecule has 0 amide bonds. The first-order valence-electron chi connectivity index (χ1n) is 50.0. The molecular weight excluding hydrogens is 1810 g/mol. The van der Waals surface area contributed by atoms with Gasteiger partial charge in [-0.25, -0.2) is 19.2 Å². The van der Waals surface area contributed by atoms with Crippen LogP contribution in [0.4, 0.5) is 68.2 Å². The summed E-state index contributed by atoms with van der Waals surface area (Å²) < 4.78 is 37.7. The van der Waals surface area contributed by atoms with E-state index in [9.17, 15) is 19.2 Å². The fraction of sp³-hybridized carbons (Fsp3) is 0.176. The van der Waals surface area contributed by atoms with Crippen LogP contribution in [0.1, 0.15) is 104 Å². The standard InChI is InChI=1S/C39H45NO3.C33H33NO3.C32H31NO3.C27H21NO2/c1-4-39(41)43-30-12-10-8-6-5-7-9-11-29-42-38-27-19-34(20-28-38)33-17-25-37(26-18-33)40(35-21-13-31(2)14-22-35)36-23-15-32(3)16-24-36;1-4-33(35)37-24-6-5-23-36-32-21-13-28(14-22-32)27-11-19-31(20-12-27)34(29-15-7-25(2)8-16-29)30-17-9-26(3)10-18-30;1-4-32(34)36-23-5-22-35-31-20-12-27(13-21-31)26-10-18-30(19-11-26)33(28-14-6-24(2)7-15-28)29-16-8-25(3)9-17-29;1-2-27(29)30-26-19-15-22(16-20-26)21-13-17-25(18-14-21)28(23-9-5-3-6-10-23)24-11-7-4-8-12-24/h4,13-28H,1,5-12,29-30H2,2-3H3;4,7-22H,1,5-6,23-24H2,2-3H3;4,6-21H,1,5,22-23H2,2-3H3;2-20H,1H2. The molecule has 0 aliphatic rings. The maximum absolute atomic E-state index is 11.3. The van der Waals surface area contributed by atoms with Gasteiger partial charge < -0.3 is 52.8 Å². The minimum atomic E-state index is -0.464. The molecular formula is C131H130N4O11. The Morgan fingerprint density at radius 2 is 0.349 bits per heavy atom. The summed E-state index contributed by atoms with van der Waals surface area (Å²) in [6.07, 6.45) is 16.1. The highest BCUT2D eigenvalue weighted by molar-refractivity contribution is 5.87. The molecule has 0 heterocycles. The van der Waals surface area contributed by atoms with E-state index in [2.05, 4.69) is 403 Å². The van der Waals surface area contributed by atoms with Crippen molar-refractivity contribution in [3.63, 3.8) is 0 Å². The second-order valence-electron chi connectivity index (χ2n) is 35.5. The molecule has 0 aromatic heterocycles. The molecule has 146 heavy (non-hydrogen) atoms. The van der Waals surface area contributed by atoms with E-state index in [0.29, 0.717) is 45.2 Å². The second kappa shape index (κ2) is 56.6.